The van der Waals surface area contributed by atoms with E-state index in [0.29, 0.717) is 10.7 Å². The molecule has 2 amide bonds. The summed E-state index contributed by atoms with van der Waals surface area (Å²) < 4.78 is 0. The number of halogens is 1. The molecule has 1 atom stereocenters. The molecule has 1 unspecified atom stereocenters. The molecule has 1 aromatic rings. The molecule has 1 aliphatic rings. The Morgan fingerprint density at radius 1 is 1.32 bits per heavy atom. The van der Waals surface area contributed by atoms with Gasteiger partial charge < -0.3 is 15.7 Å². The second-order valence-electron chi connectivity index (χ2n) is 5.74. The molecule has 1 aliphatic carbocycles. The summed E-state index contributed by atoms with van der Waals surface area (Å²) >= 11 is 5.87. The van der Waals surface area contributed by atoms with Crippen molar-refractivity contribution in [2.45, 2.75) is 38.7 Å². The molecular weight excluding hydrogens is 304 g/mol. The van der Waals surface area contributed by atoms with Crippen LogP contribution in [0.4, 0.5) is 5.69 Å². The van der Waals surface area contributed by atoms with Crippen LogP contribution >= 0.6 is 11.6 Å². The molecule has 1 aromatic carbocycles. The van der Waals surface area contributed by atoms with Gasteiger partial charge in [-0.1, -0.05) is 30.5 Å². The van der Waals surface area contributed by atoms with Crippen molar-refractivity contribution in [2.75, 3.05) is 11.9 Å². The minimum Gasteiger partial charge on any atom is -0.391 e. The molecule has 0 radical (unpaired) electrons. The number of aryl methyl sites for hydroxylation is 1. The number of amides is 2. The number of nitrogens with one attached hydrogen (secondary N) is 2. The smallest absolute Gasteiger partial charge is 0.313 e. The highest BCUT2D eigenvalue weighted by Crippen LogP contribution is 2.27. The molecule has 0 saturated heterocycles. The van der Waals surface area contributed by atoms with Crippen LogP contribution in [-0.4, -0.2) is 29.6 Å². The summed E-state index contributed by atoms with van der Waals surface area (Å²) in [5.74, 6) is -1.29. The summed E-state index contributed by atoms with van der Waals surface area (Å²) in [5, 5.41) is 15.5. The van der Waals surface area contributed by atoms with E-state index in [1.54, 1.807) is 18.2 Å². The Balaban J connectivity index is 1.84. The Labute approximate surface area is 135 Å². The van der Waals surface area contributed by atoms with E-state index in [4.69, 9.17) is 11.6 Å². The molecule has 1 saturated carbocycles. The standard InChI is InChI=1S/C16H21ClN2O3/c1-10-6-7-12(17)8-13(10)19-16(22)15(21)18-9-14(20)11-4-2-3-5-11/h6-8,11,14,20H,2-5,9H2,1H3,(H,18,21)(H,19,22). The first-order valence-electron chi connectivity index (χ1n) is 7.51. The molecule has 3 N–H and O–H groups in total. The summed E-state index contributed by atoms with van der Waals surface area (Å²) in [7, 11) is 0. The number of anilines is 1. The van der Waals surface area contributed by atoms with Crippen LogP contribution < -0.4 is 10.6 Å². The predicted octanol–water partition coefficient (Wildman–Crippen LogP) is 2.25. The topological polar surface area (TPSA) is 78.4 Å². The number of carbonyl (C=O) groups is 2. The van der Waals surface area contributed by atoms with Gasteiger partial charge in [0.15, 0.2) is 0 Å². The van der Waals surface area contributed by atoms with Gasteiger partial charge in [0.1, 0.15) is 0 Å². The van der Waals surface area contributed by atoms with Gasteiger partial charge in [-0.25, -0.2) is 0 Å². The van der Waals surface area contributed by atoms with E-state index >= 15 is 0 Å². The van der Waals surface area contributed by atoms with Crippen LogP contribution in [0.1, 0.15) is 31.2 Å². The van der Waals surface area contributed by atoms with Crippen LogP contribution in [0.5, 0.6) is 0 Å². The lowest BCUT2D eigenvalue weighted by atomic mass is 10.0. The third-order valence-corrected chi connectivity index (χ3v) is 4.30. The SMILES string of the molecule is Cc1ccc(Cl)cc1NC(=O)C(=O)NCC(O)C1CCCC1. The van der Waals surface area contributed by atoms with Gasteiger partial charge >= 0.3 is 11.8 Å². The third-order valence-electron chi connectivity index (χ3n) is 4.07. The molecule has 6 heteroatoms. The normalized spacial score (nSPS) is 16.3. The molecule has 0 aromatic heterocycles. The lowest BCUT2D eigenvalue weighted by Crippen LogP contribution is -2.41. The van der Waals surface area contributed by atoms with Gasteiger partial charge in [-0.05, 0) is 43.4 Å². The van der Waals surface area contributed by atoms with Crippen molar-refractivity contribution in [1.29, 1.82) is 0 Å². The first kappa shape index (κ1) is 16.8. The number of aliphatic hydroxyl groups is 1. The maximum Gasteiger partial charge on any atom is 0.313 e. The lowest BCUT2D eigenvalue weighted by Gasteiger charge is -2.18. The Hall–Kier alpha value is -1.59. The van der Waals surface area contributed by atoms with Crippen LogP contribution in [0.3, 0.4) is 0 Å². The molecule has 2 rings (SSSR count). The summed E-state index contributed by atoms with van der Waals surface area (Å²) in [4.78, 5) is 23.7. The first-order valence-corrected chi connectivity index (χ1v) is 7.88. The monoisotopic (exact) mass is 324 g/mol. The van der Waals surface area contributed by atoms with Crippen LogP contribution in [0.2, 0.25) is 5.02 Å². The van der Waals surface area contributed by atoms with Gasteiger partial charge in [-0.2, -0.15) is 0 Å². The van der Waals surface area contributed by atoms with Crippen molar-refractivity contribution < 1.29 is 14.7 Å². The lowest BCUT2D eigenvalue weighted by molar-refractivity contribution is -0.136. The molecular formula is C16H21ClN2O3. The fraction of sp³-hybridized carbons (Fsp3) is 0.500. The average molecular weight is 325 g/mol. The van der Waals surface area contributed by atoms with Gasteiger partial charge in [0, 0.05) is 17.3 Å². The van der Waals surface area contributed by atoms with Crippen LogP contribution in [-0.2, 0) is 9.59 Å². The van der Waals surface area contributed by atoms with E-state index in [2.05, 4.69) is 10.6 Å². The largest absolute Gasteiger partial charge is 0.391 e. The Morgan fingerprint density at radius 3 is 2.68 bits per heavy atom. The average Bonchev–Trinajstić information content (AvgIpc) is 3.02. The molecule has 5 nitrogen and oxygen atoms in total. The van der Waals surface area contributed by atoms with Crippen molar-refractivity contribution in [3.63, 3.8) is 0 Å². The third kappa shape index (κ3) is 4.45. The van der Waals surface area contributed by atoms with E-state index in [1.807, 2.05) is 6.92 Å². The van der Waals surface area contributed by atoms with Crippen molar-refractivity contribution in [3.8, 4) is 0 Å². The van der Waals surface area contributed by atoms with E-state index in [-0.39, 0.29) is 12.5 Å². The molecule has 1 fully saturated rings. The van der Waals surface area contributed by atoms with E-state index in [9.17, 15) is 14.7 Å². The summed E-state index contributed by atoms with van der Waals surface area (Å²) in [6, 6.07) is 5.07. The van der Waals surface area contributed by atoms with E-state index < -0.39 is 17.9 Å². The molecule has 0 aliphatic heterocycles. The fourth-order valence-corrected chi connectivity index (χ4v) is 2.87. The number of aliphatic hydroxyl groups excluding tert-OH is 1. The van der Waals surface area contributed by atoms with Crippen molar-refractivity contribution in [1.82, 2.24) is 5.32 Å². The summed E-state index contributed by atoms with van der Waals surface area (Å²) in [6.45, 7) is 1.92. The minimum absolute atomic E-state index is 0.103. The Bertz CT molecular complexity index is 556. The fourth-order valence-electron chi connectivity index (χ4n) is 2.69. The van der Waals surface area contributed by atoms with E-state index in [1.165, 1.54) is 0 Å². The number of hydrogen-bond donors (Lipinski definition) is 3. The van der Waals surface area contributed by atoms with Gasteiger partial charge in [-0.15, -0.1) is 0 Å². The first-order chi connectivity index (χ1) is 10.5. The van der Waals surface area contributed by atoms with Gasteiger partial charge in [0.05, 0.1) is 6.10 Å². The molecule has 0 heterocycles. The quantitative estimate of drug-likeness (QED) is 0.743. The Kier molecular flexibility index (Phi) is 5.80. The van der Waals surface area contributed by atoms with E-state index in [0.717, 1.165) is 31.2 Å². The van der Waals surface area contributed by atoms with Crippen LogP contribution in [0.25, 0.3) is 0 Å². The highest BCUT2D eigenvalue weighted by atomic mass is 35.5. The van der Waals surface area contributed by atoms with Crippen LogP contribution in [0, 0.1) is 12.8 Å². The minimum atomic E-state index is -0.760. The predicted molar refractivity (Wildman–Crippen MR) is 85.8 cm³/mol. The zero-order valence-electron chi connectivity index (χ0n) is 12.6. The van der Waals surface area contributed by atoms with Crippen molar-refractivity contribution in [2.24, 2.45) is 5.92 Å². The van der Waals surface area contributed by atoms with Crippen molar-refractivity contribution >= 4 is 29.1 Å². The number of benzene rings is 1. The zero-order valence-corrected chi connectivity index (χ0v) is 13.3. The second kappa shape index (κ2) is 7.61. The molecule has 120 valence electrons. The maximum absolute atomic E-state index is 11.9. The van der Waals surface area contributed by atoms with Gasteiger partial charge in [0.2, 0.25) is 0 Å². The zero-order chi connectivity index (χ0) is 16.1. The summed E-state index contributed by atoms with van der Waals surface area (Å²) in [5.41, 5.74) is 1.32. The highest BCUT2D eigenvalue weighted by molar-refractivity contribution is 6.40. The number of hydrogen-bond acceptors (Lipinski definition) is 3. The molecule has 0 bridgehead atoms. The number of carbonyl (C=O) groups excluding carboxylic acids is 2. The van der Waals surface area contributed by atoms with Crippen molar-refractivity contribution in [3.05, 3.63) is 28.8 Å². The van der Waals surface area contributed by atoms with Gasteiger partial charge in [-0.3, -0.25) is 9.59 Å². The Morgan fingerprint density at radius 2 is 2.00 bits per heavy atom. The van der Waals surface area contributed by atoms with Crippen LogP contribution in [0.15, 0.2) is 18.2 Å². The number of rotatable bonds is 4. The second-order valence-corrected chi connectivity index (χ2v) is 6.17. The maximum atomic E-state index is 11.9. The highest BCUT2D eigenvalue weighted by Gasteiger charge is 2.24. The molecule has 22 heavy (non-hydrogen) atoms. The molecule has 0 spiro atoms. The van der Waals surface area contributed by atoms with Gasteiger partial charge in [0.25, 0.3) is 0 Å². The summed E-state index contributed by atoms with van der Waals surface area (Å²) in [6.07, 6.45) is 3.59.